The van der Waals surface area contributed by atoms with Crippen molar-refractivity contribution in [3.63, 3.8) is 0 Å². The van der Waals surface area contributed by atoms with E-state index in [1.165, 1.54) is 11.3 Å². The fourth-order valence-corrected chi connectivity index (χ4v) is 7.82. The summed E-state index contributed by atoms with van der Waals surface area (Å²) in [5, 5.41) is 1.03. The van der Waals surface area contributed by atoms with E-state index in [0.29, 0.717) is 37.5 Å². The Morgan fingerprint density at radius 1 is 1.13 bits per heavy atom. The van der Waals surface area contributed by atoms with Crippen LogP contribution in [0.5, 0.6) is 0 Å². The molecular weight excluding hydrogens is 432 g/mol. The number of carbonyl (C=O) groups excluding carboxylic acids is 1. The quantitative estimate of drug-likeness (QED) is 0.603. The molecule has 0 radical (unpaired) electrons. The Bertz CT molecular complexity index is 1240. The van der Waals surface area contributed by atoms with Gasteiger partial charge in [-0.3, -0.25) is 9.69 Å². The Labute approximate surface area is 186 Å². The van der Waals surface area contributed by atoms with Gasteiger partial charge < -0.3 is 9.47 Å². The van der Waals surface area contributed by atoms with Crippen LogP contribution in [0, 0.1) is 13.8 Å². The molecule has 1 amide bonds. The molecule has 0 saturated carbocycles. The van der Waals surface area contributed by atoms with Crippen molar-refractivity contribution in [2.24, 2.45) is 0 Å². The summed E-state index contributed by atoms with van der Waals surface area (Å²) in [6, 6.07) is 6.08. The molecule has 1 atom stereocenters. The van der Waals surface area contributed by atoms with Crippen LogP contribution < -0.4 is 0 Å². The first-order valence-corrected chi connectivity index (χ1v) is 13.2. The summed E-state index contributed by atoms with van der Waals surface area (Å²) in [6.45, 7) is 6.70. The smallest absolute Gasteiger partial charge is 0.266 e. The van der Waals surface area contributed by atoms with E-state index < -0.39 is 9.84 Å². The molecule has 164 valence electrons. The fourth-order valence-electron chi connectivity index (χ4n) is 4.79. The molecule has 5 heterocycles. The Hall–Kier alpha value is -2.23. The maximum Gasteiger partial charge on any atom is 0.266 e. The van der Waals surface area contributed by atoms with Gasteiger partial charge in [-0.2, -0.15) is 0 Å². The minimum absolute atomic E-state index is 0.0300. The van der Waals surface area contributed by atoms with Gasteiger partial charge in [0.15, 0.2) is 9.84 Å². The van der Waals surface area contributed by atoms with Crippen molar-refractivity contribution < 1.29 is 13.2 Å². The maximum atomic E-state index is 13.6. The first-order valence-electron chi connectivity index (χ1n) is 10.6. The normalized spacial score (nSPS) is 21.7. The van der Waals surface area contributed by atoms with Gasteiger partial charge in [0.25, 0.3) is 5.91 Å². The predicted octanol–water partition coefficient (Wildman–Crippen LogP) is 2.65. The van der Waals surface area contributed by atoms with Crippen LogP contribution in [0.1, 0.15) is 27.3 Å². The number of aryl methyl sites for hydroxylation is 2. The largest absolute Gasteiger partial charge is 0.335 e. The number of piperazine rings is 1. The minimum Gasteiger partial charge on any atom is -0.335 e. The Morgan fingerprint density at radius 2 is 1.84 bits per heavy atom. The molecule has 9 heteroatoms. The van der Waals surface area contributed by atoms with Crippen LogP contribution in [-0.2, 0) is 9.84 Å². The highest BCUT2D eigenvalue weighted by atomic mass is 32.2. The lowest BCUT2D eigenvalue weighted by Crippen LogP contribution is -2.52. The van der Waals surface area contributed by atoms with Crippen LogP contribution in [0.15, 0.2) is 30.6 Å². The highest BCUT2D eigenvalue weighted by Gasteiger charge is 2.35. The number of amides is 1. The average Bonchev–Trinajstić information content (AvgIpc) is 3.45. The van der Waals surface area contributed by atoms with Gasteiger partial charge in [0.05, 0.1) is 17.2 Å². The molecule has 5 rings (SSSR count). The van der Waals surface area contributed by atoms with Crippen molar-refractivity contribution in [1.29, 1.82) is 0 Å². The number of aromatic nitrogens is 2. The van der Waals surface area contributed by atoms with E-state index in [9.17, 15) is 13.2 Å². The van der Waals surface area contributed by atoms with Gasteiger partial charge in [-0.25, -0.2) is 13.4 Å². The first kappa shape index (κ1) is 20.7. The molecular formula is C22H26N4O3S2. The molecule has 0 N–H and O–H groups in total. The second-order valence-electron chi connectivity index (χ2n) is 8.52. The molecule has 2 aliphatic heterocycles. The van der Waals surface area contributed by atoms with E-state index in [1.807, 2.05) is 40.9 Å². The van der Waals surface area contributed by atoms with Crippen molar-refractivity contribution >= 4 is 37.3 Å². The summed E-state index contributed by atoms with van der Waals surface area (Å²) in [6.07, 6.45) is 4.64. The molecule has 7 nitrogen and oxygen atoms in total. The van der Waals surface area contributed by atoms with Gasteiger partial charge in [0.1, 0.15) is 9.71 Å². The summed E-state index contributed by atoms with van der Waals surface area (Å²) < 4.78 is 25.7. The number of hydrogen-bond donors (Lipinski definition) is 0. The van der Waals surface area contributed by atoms with Crippen LogP contribution in [0.2, 0.25) is 0 Å². The number of pyridine rings is 1. The van der Waals surface area contributed by atoms with Gasteiger partial charge in [0, 0.05) is 55.7 Å². The molecule has 2 saturated heterocycles. The molecule has 31 heavy (non-hydrogen) atoms. The zero-order valence-electron chi connectivity index (χ0n) is 17.7. The zero-order chi connectivity index (χ0) is 21.8. The van der Waals surface area contributed by atoms with Gasteiger partial charge >= 0.3 is 0 Å². The third kappa shape index (κ3) is 3.79. The number of thiophene rings is 1. The van der Waals surface area contributed by atoms with Crippen molar-refractivity contribution in [2.75, 3.05) is 37.7 Å². The van der Waals surface area contributed by atoms with E-state index in [4.69, 9.17) is 4.98 Å². The number of nitrogens with zero attached hydrogens (tertiary/aromatic N) is 4. The molecule has 3 aromatic heterocycles. The minimum atomic E-state index is -2.90. The fraction of sp³-hybridized carbons (Fsp3) is 0.455. The van der Waals surface area contributed by atoms with Gasteiger partial charge in [0.2, 0.25) is 0 Å². The molecule has 0 aromatic carbocycles. The van der Waals surface area contributed by atoms with Gasteiger partial charge in [-0.15, -0.1) is 11.3 Å². The lowest BCUT2D eigenvalue weighted by Gasteiger charge is -2.37. The Kier molecular flexibility index (Phi) is 5.15. The third-order valence-electron chi connectivity index (χ3n) is 6.35. The molecule has 0 spiro atoms. The van der Waals surface area contributed by atoms with Crippen LogP contribution in [0.25, 0.3) is 15.9 Å². The summed E-state index contributed by atoms with van der Waals surface area (Å²) in [5.74, 6) is 0.562. The SMILES string of the molecule is Cc1cc(C)c2c(-n3cccc3)c(C(=O)N3CCN([C@H]4CCS(=O)(=O)C4)CC3)sc2n1. The van der Waals surface area contributed by atoms with Crippen LogP contribution in [-0.4, -0.2) is 77.4 Å². The van der Waals surface area contributed by atoms with Crippen molar-refractivity contribution in [3.05, 3.63) is 46.7 Å². The van der Waals surface area contributed by atoms with Crippen LogP contribution in [0.3, 0.4) is 0 Å². The lowest BCUT2D eigenvalue weighted by atomic mass is 10.1. The number of sulfone groups is 1. The van der Waals surface area contributed by atoms with E-state index in [1.54, 1.807) is 0 Å². The van der Waals surface area contributed by atoms with Gasteiger partial charge in [-0.05, 0) is 44.0 Å². The van der Waals surface area contributed by atoms with E-state index >= 15 is 0 Å². The van der Waals surface area contributed by atoms with Crippen molar-refractivity contribution in [3.8, 4) is 5.69 Å². The second-order valence-corrected chi connectivity index (χ2v) is 11.7. The Balaban J connectivity index is 1.43. The van der Waals surface area contributed by atoms with E-state index in [2.05, 4.69) is 17.9 Å². The molecule has 3 aromatic rings. The number of rotatable bonds is 3. The summed E-state index contributed by atoms with van der Waals surface area (Å²) in [5.41, 5.74) is 2.97. The summed E-state index contributed by atoms with van der Waals surface area (Å²) in [7, 11) is -2.90. The highest BCUT2D eigenvalue weighted by Crippen LogP contribution is 2.36. The molecule has 2 fully saturated rings. The standard InChI is InChI=1S/C22H26N4O3S2/c1-15-13-16(2)23-21-18(15)19(25-6-3-4-7-25)20(30-21)22(27)26-10-8-24(9-11-26)17-5-12-31(28,29)14-17/h3-4,6-7,13,17H,5,8-12,14H2,1-2H3/t17-/m0/s1. The monoisotopic (exact) mass is 458 g/mol. The maximum absolute atomic E-state index is 13.6. The molecule has 0 unspecified atom stereocenters. The van der Waals surface area contributed by atoms with Crippen LogP contribution in [0.4, 0.5) is 0 Å². The number of carbonyl (C=O) groups is 1. The van der Waals surface area contributed by atoms with Gasteiger partial charge in [-0.1, -0.05) is 0 Å². The molecule has 2 aliphatic rings. The molecule has 0 bridgehead atoms. The van der Waals surface area contributed by atoms with Crippen molar-refractivity contribution in [1.82, 2.24) is 19.4 Å². The lowest BCUT2D eigenvalue weighted by molar-refractivity contribution is 0.0592. The van der Waals surface area contributed by atoms with E-state index in [-0.39, 0.29) is 23.5 Å². The molecule has 0 aliphatic carbocycles. The number of fused-ring (bicyclic) bond motifs is 1. The number of hydrogen-bond acceptors (Lipinski definition) is 6. The first-order chi connectivity index (χ1) is 14.8. The van der Waals surface area contributed by atoms with Crippen molar-refractivity contribution in [2.45, 2.75) is 26.3 Å². The summed E-state index contributed by atoms with van der Waals surface area (Å²) >= 11 is 1.46. The third-order valence-corrected chi connectivity index (χ3v) is 9.16. The average molecular weight is 459 g/mol. The van der Waals surface area contributed by atoms with Crippen LogP contribution >= 0.6 is 11.3 Å². The topological polar surface area (TPSA) is 75.5 Å². The Morgan fingerprint density at radius 3 is 2.48 bits per heavy atom. The highest BCUT2D eigenvalue weighted by molar-refractivity contribution is 7.91. The predicted molar refractivity (Wildman–Crippen MR) is 123 cm³/mol. The summed E-state index contributed by atoms with van der Waals surface area (Å²) in [4.78, 5) is 24.0. The second kappa shape index (κ2) is 7.72. The zero-order valence-corrected chi connectivity index (χ0v) is 19.4. The van der Waals surface area contributed by atoms with E-state index in [0.717, 1.165) is 27.2 Å².